The number of hydrogen-bond donors (Lipinski definition) is 1. The van der Waals surface area contributed by atoms with Crippen molar-refractivity contribution < 1.29 is 9.53 Å². The molecule has 1 rings (SSSR count). The smallest absolute Gasteiger partial charge is 0.325 e. The van der Waals surface area contributed by atoms with Crippen molar-refractivity contribution in [3.63, 3.8) is 0 Å². The van der Waals surface area contributed by atoms with E-state index in [4.69, 9.17) is 4.74 Å². The maximum atomic E-state index is 11.6. The highest BCUT2D eigenvalue weighted by Gasteiger charge is 2.26. The minimum Gasteiger partial charge on any atom is -0.464 e. The number of likely N-dealkylation sites (N-methyl/N-ethyl adjacent to an activating group) is 1. The molecule has 17 heavy (non-hydrogen) atoms. The summed E-state index contributed by atoms with van der Waals surface area (Å²) < 4.78 is 5.22. The molecule has 0 radical (unpaired) electrons. The lowest BCUT2D eigenvalue weighted by atomic mass is 10.1. The molecule has 0 unspecified atom stereocenters. The van der Waals surface area contributed by atoms with Crippen molar-refractivity contribution in [1.82, 2.24) is 5.32 Å². The van der Waals surface area contributed by atoms with Crippen molar-refractivity contribution in [2.45, 2.75) is 32.2 Å². The predicted octanol–water partition coefficient (Wildman–Crippen LogP) is 2.16. The number of aryl methyl sites for hydroxylation is 1. The van der Waals surface area contributed by atoms with Crippen molar-refractivity contribution in [3.8, 4) is 0 Å². The van der Waals surface area contributed by atoms with E-state index >= 15 is 0 Å². The van der Waals surface area contributed by atoms with E-state index in [2.05, 4.69) is 17.4 Å². The van der Waals surface area contributed by atoms with Crippen molar-refractivity contribution in [2.24, 2.45) is 0 Å². The Hall–Kier alpha value is -1.35. The number of esters is 1. The van der Waals surface area contributed by atoms with Gasteiger partial charge in [-0.1, -0.05) is 30.3 Å². The van der Waals surface area contributed by atoms with Crippen molar-refractivity contribution in [1.29, 1.82) is 0 Å². The maximum Gasteiger partial charge on any atom is 0.325 e. The number of carbonyl (C=O) groups excluding carboxylic acids is 1. The number of ether oxygens (including phenoxy) is 1. The Morgan fingerprint density at radius 2 is 1.94 bits per heavy atom. The molecule has 0 bridgehead atoms. The van der Waals surface area contributed by atoms with Crippen LogP contribution in [0.2, 0.25) is 0 Å². The molecular formula is C14H21NO2. The molecule has 0 aliphatic carbocycles. The average Bonchev–Trinajstić information content (AvgIpc) is 2.35. The van der Waals surface area contributed by atoms with Crippen LogP contribution in [-0.4, -0.2) is 25.2 Å². The molecule has 1 aromatic rings. The fraction of sp³-hybridized carbons (Fsp3) is 0.500. The second-order valence-electron chi connectivity index (χ2n) is 4.60. The van der Waals surface area contributed by atoms with Crippen LogP contribution in [0.15, 0.2) is 30.3 Å². The summed E-state index contributed by atoms with van der Waals surface area (Å²) in [7, 11) is 1.76. The highest BCUT2D eigenvalue weighted by atomic mass is 16.5. The third kappa shape index (κ3) is 4.57. The van der Waals surface area contributed by atoms with Crippen LogP contribution in [0.4, 0.5) is 0 Å². The van der Waals surface area contributed by atoms with Gasteiger partial charge in [-0.3, -0.25) is 4.79 Å². The highest BCUT2D eigenvalue weighted by molar-refractivity contribution is 5.79. The van der Waals surface area contributed by atoms with Gasteiger partial charge in [-0.05, 0) is 39.3 Å². The zero-order valence-corrected chi connectivity index (χ0v) is 10.8. The molecule has 1 aromatic carbocycles. The van der Waals surface area contributed by atoms with Gasteiger partial charge < -0.3 is 10.1 Å². The molecule has 0 saturated heterocycles. The van der Waals surface area contributed by atoms with Crippen molar-refractivity contribution >= 4 is 5.97 Å². The van der Waals surface area contributed by atoms with Crippen LogP contribution in [0.25, 0.3) is 0 Å². The van der Waals surface area contributed by atoms with E-state index in [0.29, 0.717) is 6.61 Å². The monoisotopic (exact) mass is 235 g/mol. The van der Waals surface area contributed by atoms with Gasteiger partial charge in [0.25, 0.3) is 0 Å². The molecule has 0 heterocycles. The normalized spacial score (nSPS) is 11.2. The van der Waals surface area contributed by atoms with Crippen LogP contribution < -0.4 is 5.32 Å². The van der Waals surface area contributed by atoms with E-state index in [9.17, 15) is 4.79 Å². The van der Waals surface area contributed by atoms with E-state index in [0.717, 1.165) is 12.8 Å². The van der Waals surface area contributed by atoms with Gasteiger partial charge in [0.05, 0.1) is 6.61 Å². The first-order valence-electron chi connectivity index (χ1n) is 5.96. The summed E-state index contributed by atoms with van der Waals surface area (Å²) in [6, 6.07) is 10.2. The van der Waals surface area contributed by atoms with Crippen LogP contribution in [0.3, 0.4) is 0 Å². The Balaban J connectivity index is 2.23. The standard InChI is InChI=1S/C14H21NO2/c1-14(2,15-3)13(16)17-11-7-10-12-8-5-4-6-9-12/h4-6,8-9,15H,7,10-11H2,1-3H3. The molecule has 0 aromatic heterocycles. The van der Waals surface area contributed by atoms with Gasteiger partial charge in [-0.2, -0.15) is 0 Å². The van der Waals surface area contributed by atoms with E-state index in [1.807, 2.05) is 32.0 Å². The Morgan fingerprint density at radius 3 is 2.53 bits per heavy atom. The lowest BCUT2D eigenvalue weighted by Gasteiger charge is -2.21. The molecule has 0 saturated carbocycles. The topological polar surface area (TPSA) is 38.3 Å². The van der Waals surface area contributed by atoms with E-state index < -0.39 is 5.54 Å². The van der Waals surface area contributed by atoms with Crippen LogP contribution in [0.1, 0.15) is 25.8 Å². The summed E-state index contributed by atoms with van der Waals surface area (Å²) in [5.74, 6) is -0.201. The molecular weight excluding hydrogens is 214 g/mol. The van der Waals surface area contributed by atoms with Gasteiger partial charge in [-0.15, -0.1) is 0 Å². The van der Waals surface area contributed by atoms with Gasteiger partial charge in [0.2, 0.25) is 0 Å². The number of carbonyl (C=O) groups is 1. The SMILES string of the molecule is CNC(C)(C)C(=O)OCCCc1ccccc1. The van der Waals surface area contributed by atoms with E-state index in [1.165, 1.54) is 5.56 Å². The fourth-order valence-corrected chi connectivity index (χ4v) is 1.37. The molecule has 1 N–H and O–H groups in total. The Morgan fingerprint density at radius 1 is 1.29 bits per heavy atom. The van der Waals surface area contributed by atoms with Gasteiger partial charge in [0.1, 0.15) is 5.54 Å². The summed E-state index contributed by atoms with van der Waals surface area (Å²) in [6.45, 7) is 4.10. The lowest BCUT2D eigenvalue weighted by molar-refractivity contribution is -0.150. The largest absolute Gasteiger partial charge is 0.464 e. The minimum absolute atomic E-state index is 0.201. The van der Waals surface area contributed by atoms with Crippen LogP contribution in [-0.2, 0) is 16.0 Å². The van der Waals surface area contributed by atoms with E-state index in [1.54, 1.807) is 7.05 Å². The number of rotatable bonds is 6. The van der Waals surface area contributed by atoms with Crippen LogP contribution in [0, 0.1) is 0 Å². The summed E-state index contributed by atoms with van der Waals surface area (Å²) in [4.78, 5) is 11.6. The third-order valence-electron chi connectivity index (χ3n) is 2.82. The van der Waals surface area contributed by atoms with Crippen molar-refractivity contribution in [2.75, 3.05) is 13.7 Å². The van der Waals surface area contributed by atoms with Crippen LogP contribution in [0.5, 0.6) is 0 Å². The van der Waals surface area contributed by atoms with Gasteiger partial charge in [-0.25, -0.2) is 0 Å². The molecule has 0 fully saturated rings. The summed E-state index contributed by atoms with van der Waals surface area (Å²) in [6.07, 6.45) is 1.80. The highest BCUT2D eigenvalue weighted by Crippen LogP contribution is 2.06. The van der Waals surface area contributed by atoms with Crippen LogP contribution >= 0.6 is 0 Å². The van der Waals surface area contributed by atoms with Crippen molar-refractivity contribution in [3.05, 3.63) is 35.9 Å². The second-order valence-corrected chi connectivity index (χ2v) is 4.60. The third-order valence-corrected chi connectivity index (χ3v) is 2.82. The molecule has 3 heteroatoms. The Bertz CT molecular complexity index is 346. The molecule has 0 aliphatic heterocycles. The molecule has 0 aliphatic rings. The second kappa shape index (κ2) is 6.40. The first-order chi connectivity index (χ1) is 8.06. The maximum absolute atomic E-state index is 11.6. The number of hydrogen-bond acceptors (Lipinski definition) is 3. The summed E-state index contributed by atoms with van der Waals surface area (Å²) >= 11 is 0. The Kier molecular flexibility index (Phi) is 5.16. The summed E-state index contributed by atoms with van der Waals surface area (Å²) in [5.41, 5.74) is 0.670. The first kappa shape index (κ1) is 13.7. The number of nitrogens with one attached hydrogen (secondary N) is 1. The quantitative estimate of drug-likeness (QED) is 0.606. The van der Waals surface area contributed by atoms with Gasteiger partial charge >= 0.3 is 5.97 Å². The number of benzene rings is 1. The minimum atomic E-state index is -0.604. The summed E-state index contributed by atoms with van der Waals surface area (Å²) in [5, 5.41) is 2.93. The molecule has 94 valence electrons. The van der Waals surface area contributed by atoms with Gasteiger partial charge in [0.15, 0.2) is 0 Å². The lowest BCUT2D eigenvalue weighted by Crippen LogP contribution is -2.45. The van der Waals surface area contributed by atoms with Gasteiger partial charge in [0, 0.05) is 0 Å². The zero-order chi connectivity index (χ0) is 12.7. The predicted molar refractivity (Wildman–Crippen MR) is 68.9 cm³/mol. The molecule has 0 spiro atoms. The zero-order valence-electron chi connectivity index (χ0n) is 10.8. The molecule has 3 nitrogen and oxygen atoms in total. The molecule has 0 amide bonds. The van der Waals surface area contributed by atoms with E-state index in [-0.39, 0.29) is 5.97 Å². The average molecular weight is 235 g/mol. The fourth-order valence-electron chi connectivity index (χ4n) is 1.37. The Labute approximate surface area is 103 Å². The first-order valence-corrected chi connectivity index (χ1v) is 5.96. The molecule has 0 atom stereocenters.